The molecule has 200 valence electrons. The Kier molecular flexibility index (Phi) is 7.99. The topological polar surface area (TPSA) is 45.1 Å². The van der Waals surface area contributed by atoms with Crippen molar-refractivity contribution >= 4 is 23.1 Å². The van der Waals surface area contributed by atoms with Crippen molar-refractivity contribution in [1.82, 2.24) is 0 Å². The van der Waals surface area contributed by atoms with Gasteiger partial charge in [0.25, 0.3) is 0 Å². The second-order valence-electron chi connectivity index (χ2n) is 8.59. The zero-order valence-electron chi connectivity index (χ0n) is 21.1. The van der Waals surface area contributed by atoms with Crippen molar-refractivity contribution in [3.8, 4) is 0 Å². The van der Waals surface area contributed by atoms with E-state index in [-0.39, 0.29) is 13.0 Å². The molecule has 10 heteroatoms. The predicted molar refractivity (Wildman–Crippen MR) is 135 cm³/mol. The summed E-state index contributed by atoms with van der Waals surface area (Å²) in [5.41, 5.74) is 1.55. The average Bonchev–Trinajstić information content (AvgIpc) is 3.37. The van der Waals surface area contributed by atoms with Crippen molar-refractivity contribution < 1.29 is 31.5 Å². The molecule has 1 aliphatic rings. The van der Waals surface area contributed by atoms with E-state index in [1.807, 2.05) is 26.0 Å². The van der Waals surface area contributed by atoms with Crippen molar-refractivity contribution in [3.63, 3.8) is 0 Å². The van der Waals surface area contributed by atoms with Crippen LogP contribution in [0.2, 0.25) is 0 Å². The number of hydrazone groups is 1. The summed E-state index contributed by atoms with van der Waals surface area (Å²) in [6, 6.07) is 12.5. The van der Waals surface area contributed by atoms with Crippen LogP contribution in [0.25, 0.3) is 0 Å². The van der Waals surface area contributed by atoms with Crippen LogP contribution in [-0.4, -0.2) is 31.4 Å². The number of anilines is 2. The molecule has 4 rings (SSSR count). The third kappa shape index (κ3) is 4.94. The number of benzene rings is 3. The number of hydrogen-bond donors (Lipinski definition) is 0. The van der Waals surface area contributed by atoms with Gasteiger partial charge in [0.05, 0.1) is 23.9 Å². The third-order valence-corrected chi connectivity index (χ3v) is 6.46. The number of nitrogens with zero attached hydrogens (tertiary/aromatic N) is 3. The van der Waals surface area contributed by atoms with E-state index in [4.69, 9.17) is 4.74 Å². The smallest absolute Gasteiger partial charge is 0.338 e. The summed E-state index contributed by atoms with van der Waals surface area (Å²) in [5.74, 6) is -10.8. The SMILES string of the molecule is CCOC(=O)c1ccc(C2=NN(c3c(F)c(F)c(F)c(F)c3F)[C@@H](c3ccc(N(CC)CC)cc3)C2)cc1. The minimum Gasteiger partial charge on any atom is -0.462 e. The predicted octanol–water partition coefficient (Wildman–Crippen LogP) is 6.76. The first-order valence-electron chi connectivity index (χ1n) is 12.2. The normalized spacial score (nSPS) is 15.0. The van der Waals surface area contributed by atoms with Gasteiger partial charge in [0.1, 0.15) is 5.69 Å². The van der Waals surface area contributed by atoms with Crippen LogP contribution in [0, 0.1) is 29.1 Å². The van der Waals surface area contributed by atoms with Crippen LogP contribution in [0.5, 0.6) is 0 Å². The van der Waals surface area contributed by atoms with Gasteiger partial charge in [0, 0.05) is 25.2 Å². The van der Waals surface area contributed by atoms with Crippen molar-refractivity contribution in [3.05, 3.63) is 94.3 Å². The monoisotopic (exact) mass is 531 g/mol. The Morgan fingerprint density at radius 1 is 0.868 bits per heavy atom. The molecule has 0 unspecified atom stereocenters. The molecule has 0 fully saturated rings. The fourth-order valence-corrected chi connectivity index (χ4v) is 4.45. The molecule has 3 aromatic rings. The Balaban J connectivity index is 1.78. The Bertz CT molecular complexity index is 1330. The summed E-state index contributed by atoms with van der Waals surface area (Å²) in [5, 5.41) is 5.15. The fourth-order valence-electron chi connectivity index (χ4n) is 4.45. The Morgan fingerprint density at radius 2 is 1.42 bits per heavy atom. The molecular weight excluding hydrogens is 505 g/mol. The van der Waals surface area contributed by atoms with Crippen LogP contribution in [0.4, 0.5) is 33.3 Å². The van der Waals surface area contributed by atoms with Crippen LogP contribution >= 0.6 is 0 Å². The molecule has 1 aliphatic heterocycles. The lowest BCUT2D eigenvalue weighted by molar-refractivity contribution is 0.0526. The van der Waals surface area contributed by atoms with Crippen molar-refractivity contribution in [2.75, 3.05) is 29.6 Å². The molecule has 0 radical (unpaired) electrons. The van der Waals surface area contributed by atoms with E-state index in [0.29, 0.717) is 22.4 Å². The Hall–Kier alpha value is -3.95. The summed E-state index contributed by atoms with van der Waals surface area (Å²) in [4.78, 5) is 14.1. The molecule has 0 bridgehead atoms. The number of ether oxygens (including phenoxy) is 1. The van der Waals surface area contributed by atoms with Gasteiger partial charge in [0.2, 0.25) is 5.82 Å². The molecular formula is C28H26F5N3O2. The summed E-state index contributed by atoms with van der Waals surface area (Å²) < 4.78 is 76.7. The molecule has 3 aromatic carbocycles. The Labute approximate surface area is 217 Å². The molecule has 1 heterocycles. The molecule has 0 saturated heterocycles. The van der Waals surface area contributed by atoms with Crippen LogP contribution in [0.1, 0.15) is 54.7 Å². The Morgan fingerprint density at radius 3 is 1.95 bits per heavy atom. The first kappa shape index (κ1) is 27.1. The molecule has 0 spiro atoms. The van der Waals surface area contributed by atoms with E-state index in [0.717, 1.165) is 23.8 Å². The van der Waals surface area contributed by atoms with Gasteiger partial charge in [-0.05, 0) is 56.2 Å². The van der Waals surface area contributed by atoms with Gasteiger partial charge in [-0.2, -0.15) is 5.10 Å². The van der Waals surface area contributed by atoms with Gasteiger partial charge >= 0.3 is 5.97 Å². The van der Waals surface area contributed by atoms with Gasteiger partial charge in [-0.3, -0.25) is 5.01 Å². The zero-order valence-corrected chi connectivity index (χ0v) is 21.1. The first-order chi connectivity index (χ1) is 18.2. The second-order valence-corrected chi connectivity index (χ2v) is 8.59. The second kappa shape index (κ2) is 11.2. The van der Waals surface area contributed by atoms with Crippen molar-refractivity contribution in [2.24, 2.45) is 5.10 Å². The van der Waals surface area contributed by atoms with Gasteiger partial charge < -0.3 is 9.64 Å². The van der Waals surface area contributed by atoms with Gasteiger partial charge in [0.15, 0.2) is 23.3 Å². The number of halogens is 5. The first-order valence-corrected chi connectivity index (χ1v) is 12.2. The summed E-state index contributed by atoms with van der Waals surface area (Å²) in [7, 11) is 0. The van der Waals surface area contributed by atoms with E-state index in [9.17, 15) is 26.7 Å². The largest absolute Gasteiger partial charge is 0.462 e. The highest BCUT2D eigenvalue weighted by atomic mass is 19.2. The third-order valence-electron chi connectivity index (χ3n) is 6.46. The van der Waals surface area contributed by atoms with Crippen LogP contribution in [0.15, 0.2) is 53.6 Å². The molecule has 38 heavy (non-hydrogen) atoms. The highest BCUT2D eigenvalue weighted by Crippen LogP contribution is 2.41. The number of esters is 1. The zero-order chi connectivity index (χ0) is 27.6. The summed E-state index contributed by atoms with van der Waals surface area (Å²) >= 11 is 0. The van der Waals surface area contributed by atoms with E-state index >= 15 is 0 Å². The van der Waals surface area contributed by atoms with E-state index in [2.05, 4.69) is 10.0 Å². The molecule has 0 aliphatic carbocycles. The standard InChI is InChI=1S/C28H26F5N3O2/c1-4-35(5-2)19-13-11-17(12-14-19)21-15-20(16-7-9-18(10-8-16)28(37)38-6-3)34-36(21)27-25(32)23(30)22(29)24(31)26(27)33/h7-14,21H,4-6,15H2,1-3H3/t21-/m1/s1. The van der Waals surface area contributed by atoms with Crippen LogP contribution in [0.3, 0.4) is 0 Å². The number of rotatable bonds is 8. The maximum Gasteiger partial charge on any atom is 0.338 e. The van der Waals surface area contributed by atoms with Crippen LogP contribution < -0.4 is 9.91 Å². The molecule has 0 aromatic heterocycles. The highest BCUT2D eigenvalue weighted by Gasteiger charge is 2.37. The lowest BCUT2D eigenvalue weighted by atomic mass is 9.97. The lowest BCUT2D eigenvalue weighted by Gasteiger charge is -2.26. The molecule has 1 atom stereocenters. The van der Waals surface area contributed by atoms with E-state index in [1.165, 1.54) is 12.1 Å². The van der Waals surface area contributed by atoms with Crippen LogP contribution in [-0.2, 0) is 4.74 Å². The van der Waals surface area contributed by atoms with Gasteiger partial charge in [-0.25, -0.2) is 26.7 Å². The minimum atomic E-state index is -2.23. The van der Waals surface area contributed by atoms with Crippen molar-refractivity contribution in [2.45, 2.75) is 33.2 Å². The van der Waals surface area contributed by atoms with E-state index < -0.39 is 46.8 Å². The quantitative estimate of drug-likeness (QED) is 0.139. The number of carbonyl (C=O) groups excluding carboxylic acids is 1. The lowest BCUT2D eigenvalue weighted by Crippen LogP contribution is -2.24. The highest BCUT2D eigenvalue weighted by molar-refractivity contribution is 6.04. The molecule has 0 amide bonds. The minimum absolute atomic E-state index is 0.114. The molecule has 5 nitrogen and oxygen atoms in total. The number of carbonyl (C=O) groups is 1. The fraction of sp³-hybridized carbons (Fsp3) is 0.286. The maximum absolute atomic E-state index is 14.9. The van der Waals surface area contributed by atoms with E-state index in [1.54, 1.807) is 31.2 Å². The average molecular weight is 532 g/mol. The van der Waals surface area contributed by atoms with Gasteiger partial charge in [-0.15, -0.1) is 0 Å². The molecule has 0 saturated carbocycles. The maximum atomic E-state index is 14.9. The number of hydrogen-bond acceptors (Lipinski definition) is 5. The van der Waals surface area contributed by atoms with Crippen molar-refractivity contribution in [1.29, 1.82) is 0 Å². The van der Waals surface area contributed by atoms with Gasteiger partial charge in [-0.1, -0.05) is 24.3 Å². The molecule has 0 N–H and O–H groups in total. The summed E-state index contributed by atoms with van der Waals surface area (Å²) in [6.07, 6.45) is 0.114. The summed E-state index contributed by atoms with van der Waals surface area (Å²) in [6.45, 7) is 7.44.